The summed E-state index contributed by atoms with van der Waals surface area (Å²) in [5, 5.41) is 1.53. The molecule has 0 aromatic heterocycles. The molecule has 0 fully saturated rings. The van der Waals surface area contributed by atoms with Crippen molar-refractivity contribution in [3.05, 3.63) is 36.5 Å². The molecule has 0 spiro atoms. The Kier molecular flexibility index (Phi) is 3.35. The van der Waals surface area contributed by atoms with Crippen LogP contribution in [-0.2, 0) is 0 Å². The number of hydrogen-bond acceptors (Lipinski definition) is 2. The second-order valence-corrected chi connectivity index (χ2v) is 3.81. The average Bonchev–Trinajstić information content (AvgIpc) is 2.02. The van der Waals surface area contributed by atoms with Crippen LogP contribution >= 0.6 is 11.8 Å². The van der Waals surface area contributed by atoms with Gasteiger partial charge < -0.3 is 0 Å². The number of rotatable bonds is 3. The van der Waals surface area contributed by atoms with Crippen molar-refractivity contribution < 1.29 is 0 Å². The van der Waals surface area contributed by atoms with Crippen LogP contribution in [0.15, 0.2) is 41.4 Å². The summed E-state index contributed by atoms with van der Waals surface area (Å²) in [6, 6.07) is 0. The fourth-order valence-corrected chi connectivity index (χ4v) is 1.73. The zero-order valence-electron chi connectivity index (χ0n) is 7.45. The molecule has 1 atom stereocenters. The Bertz CT molecular complexity index is 261. The number of thioether (sulfide) groups is 1. The molecule has 0 saturated carbocycles. The third-order valence-electron chi connectivity index (χ3n) is 1.52. The molecule has 1 heterocycles. The van der Waals surface area contributed by atoms with E-state index in [4.69, 9.17) is 0 Å². The van der Waals surface area contributed by atoms with Gasteiger partial charge in [0.05, 0.1) is 5.37 Å². The summed E-state index contributed by atoms with van der Waals surface area (Å²) in [5.74, 6) is 0. The van der Waals surface area contributed by atoms with E-state index in [2.05, 4.69) is 18.5 Å². The molecule has 0 aromatic carbocycles. The normalized spacial score (nSPS) is 23.7. The van der Waals surface area contributed by atoms with Gasteiger partial charge in [-0.2, -0.15) is 0 Å². The molecule has 1 aliphatic heterocycles. The summed E-state index contributed by atoms with van der Waals surface area (Å²) in [6.45, 7) is 7.83. The molecule has 0 aromatic rings. The molecule has 12 heavy (non-hydrogen) atoms. The van der Waals surface area contributed by atoms with Crippen molar-refractivity contribution in [2.75, 3.05) is 0 Å². The van der Waals surface area contributed by atoms with E-state index >= 15 is 0 Å². The van der Waals surface area contributed by atoms with E-state index in [0.717, 1.165) is 10.6 Å². The van der Waals surface area contributed by atoms with Crippen molar-refractivity contribution in [1.82, 2.24) is 0 Å². The minimum atomic E-state index is 0.425. The second kappa shape index (κ2) is 4.31. The molecule has 1 aliphatic rings. The highest BCUT2D eigenvalue weighted by Crippen LogP contribution is 2.29. The van der Waals surface area contributed by atoms with E-state index in [0.29, 0.717) is 5.37 Å². The van der Waals surface area contributed by atoms with E-state index in [-0.39, 0.29) is 0 Å². The first-order valence-corrected chi connectivity index (χ1v) is 4.86. The number of aliphatic imine (C=N–C) groups is 1. The monoisotopic (exact) mass is 179 g/mol. The Hall–Kier alpha value is -0.760. The maximum Gasteiger partial charge on any atom is 0.101 e. The summed E-state index contributed by atoms with van der Waals surface area (Å²) in [7, 11) is 0. The molecule has 2 heteroatoms. The van der Waals surface area contributed by atoms with Gasteiger partial charge in [-0.15, -0.1) is 0 Å². The predicted octanol–water partition coefficient (Wildman–Crippen LogP) is 3.17. The first kappa shape index (κ1) is 9.33. The number of allylic oxidation sites excluding steroid dienone is 4. The Balaban J connectivity index is 2.70. The third-order valence-corrected chi connectivity index (χ3v) is 2.53. The summed E-state index contributed by atoms with van der Waals surface area (Å²) < 4.78 is 0. The standard InChI is InChI=1S/C10H13NS/c1-4-6-7-9(5-2)10-11-8(3)12-10/h4-8H,2H2,1,3H3/b6-4-,9-7+. The molecular weight excluding hydrogens is 166 g/mol. The van der Waals surface area contributed by atoms with Crippen molar-refractivity contribution in [1.29, 1.82) is 0 Å². The highest BCUT2D eigenvalue weighted by Gasteiger charge is 2.18. The molecule has 64 valence electrons. The minimum absolute atomic E-state index is 0.425. The topological polar surface area (TPSA) is 12.4 Å². The lowest BCUT2D eigenvalue weighted by Gasteiger charge is -2.19. The van der Waals surface area contributed by atoms with Crippen LogP contribution in [0.25, 0.3) is 0 Å². The zero-order valence-corrected chi connectivity index (χ0v) is 8.27. The lowest BCUT2D eigenvalue weighted by Crippen LogP contribution is -2.13. The zero-order chi connectivity index (χ0) is 8.97. The van der Waals surface area contributed by atoms with Crippen LogP contribution in [0.5, 0.6) is 0 Å². The lowest BCUT2D eigenvalue weighted by molar-refractivity contribution is 1.03. The van der Waals surface area contributed by atoms with E-state index < -0.39 is 0 Å². The summed E-state index contributed by atoms with van der Waals surface area (Å²) >= 11 is 1.79. The van der Waals surface area contributed by atoms with Crippen LogP contribution in [0.1, 0.15) is 13.8 Å². The van der Waals surface area contributed by atoms with Crippen LogP contribution in [0.4, 0.5) is 0 Å². The fourth-order valence-electron chi connectivity index (χ4n) is 0.903. The van der Waals surface area contributed by atoms with Gasteiger partial charge in [0.2, 0.25) is 0 Å². The van der Waals surface area contributed by atoms with Gasteiger partial charge in [0.25, 0.3) is 0 Å². The van der Waals surface area contributed by atoms with Gasteiger partial charge in [-0.25, -0.2) is 0 Å². The molecule has 0 radical (unpaired) electrons. The first-order chi connectivity index (χ1) is 5.77. The van der Waals surface area contributed by atoms with Crippen LogP contribution < -0.4 is 0 Å². The number of nitrogens with zero attached hydrogens (tertiary/aromatic N) is 1. The quantitative estimate of drug-likeness (QED) is 0.606. The van der Waals surface area contributed by atoms with Crippen LogP contribution in [0.2, 0.25) is 0 Å². The van der Waals surface area contributed by atoms with Gasteiger partial charge in [-0.1, -0.05) is 42.6 Å². The summed E-state index contributed by atoms with van der Waals surface area (Å²) in [5.41, 5.74) is 1.12. The van der Waals surface area contributed by atoms with E-state index in [1.807, 2.05) is 31.2 Å². The van der Waals surface area contributed by atoms with Gasteiger partial charge in [0.1, 0.15) is 5.04 Å². The lowest BCUT2D eigenvalue weighted by atomic mass is 10.2. The fraction of sp³-hybridized carbons (Fsp3) is 0.300. The highest BCUT2D eigenvalue weighted by atomic mass is 32.2. The molecule has 0 bridgehead atoms. The van der Waals surface area contributed by atoms with Crippen molar-refractivity contribution in [3.8, 4) is 0 Å². The summed E-state index contributed by atoms with van der Waals surface area (Å²) in [4.78, 5) is 4.35. The third kappa shape index (κ3) is 2.11. The Morgan fingerprint density at radius 3 is 2.75 bits per heavy atom. The average molecular weight is 179 g/mol. The van der Waals surface area contributed by atoms with E-state index in [9.17, 15) is 0 Å². The Morgan fingerprint density at radius 1 is 1.67 bits per heavy atom. The van der Waals surface area contributed by atoms with Crippen LogP contribution in [0, 0.1) is 0 Å². The molecule has 0 saturated heterocycles. The molecular formula is C10H13NS. The van der Waals surface area contributed by atoms with Crippen molar-refractivity contribution >= 4 is 16.8 Å². The van der Waals surface area contributed by atoms with Gasteiger partial charge in [-0.3, -0.25) is 4.99 Å². The predicted molar refractivity (Wildman–Crippen MR) is 57.6 cm³/mol. The Morgan fingerprint density at radius 2 is 2.33 bits per heavy atom. The SMILES string of the molecule is C=C/C(=C\C=C/C)C1=NC(C)S1. The molecule has 0 N–H and O–H groups in total. The van der Waals surface area contributed by atoms with Gasteiger partial charge in [0, 0.05) is 5.57 Å². The van der Waals surface area contributed by atoms with Gasteiger partial charge >= 0.3 is 0 Å². The van der Waals surface area contributed by atoms with Crippen molar-refractivity contribution in [2.24, 2.45) is 4.99 Å². The number of hydrogen-bond donors (Lipinski definition) is 0. The molecule has 0 amide bonds. The largest absolute Gasteiger partial charge is 0.263 e. The maximum absolute atomic E-state index is 4.35. The van der Waals surface area contributed by atoms with Crippen LogP contribution in [-0.4, -0.2) is 10.4 Å². The molecule has 1 unspecified atom stereocenters. The smallest absolute Gasteiger partial charge is 0.101 e. The molecule has 0 aliphatic carbocycles. The minimum Gasteiger partial charge on any atom is -0.263 e. The second-order valence-electron chi connectivity index (χ2n) is 2.50. The maximum atomic E-state index is 4.35. The molecule has 1 nitrogen and oxygen atoms in total. The Labute approximate surface area is 78.0 Å². The van der Waals surface area contributed by atoms with Crippen molar-refractivity contribution in [2.45, 2.75) is 19.2 Å². The van der Waals surface area contributed by atoms with Gasteiger partial charge in [-0.05, 0) is 13.8 Å². The highest BCUT2D eigenvalue weighted by molar-refractivity contribution is 8.16. The van der Waals surface area contributed by atoms with E-state index in [1.54, 1.807) is 11.8 Å². The van der Waals surface area contributed by atoms with E-state index in [1.165, 1.54) is 0 Å². The van der Waals surface area contributed by atoms with Gasteiger partial charge in [0.15, 0.2) is 0 Å². The van der Waals surface area contributed by atoms with Crippen LogP contribution in [0.3, 0.4) is 0 Å². The van der Waals surface area contributed by atoms with Crippen molar-refractivity contribution in [3.63, 3.8) is 0 Å². The molecule has 1 rings (SSSR count). The first-order valence-electron chi connectivity index (χ1n) is 3.98. The summed E-state index contributed by atoms with van der Waals surface area (Å²) in [6.07, 6.45) is 7.88.